The van der Waals surface area contributed by atoms with Crippen LogP contribution >= 0.6 is 0 Å². The highest BCUT2D eigenvalue weighted by atomic mass is 16.5. The molecular formula is C19H22N2O2. The van der Waals surface area contributed by atoms with Crippen molar-refractivity contribution in [3.63, 3.8) is 0 Å². The Bertz CT molecular complexity index is 699. The fraction of sp³-hybridized carbons (Fsp3) is 0.474. The predicted octanol–water partition coefficient (Wildman–Crippen LogP) is 3.53. The highest BCUT2D eigenvalue weighted by Crippen LogP contribution is 2.57. The molecule has 0 radical (unpaired) electrons. The van der Waals surface area contributed by atoms with E-state index < -0.39 is 0 Å². The first-order valence-electron chi connectivity index (χ1n) is 8.24. The summed E-state index contributed by atoms with van der Waals surface area (Å²) in [5.41, 5.74) is 6.21. The number of rotatable bonds is 5. The lowest BCUT2D eigenvalue weighted by Gasteiger charge is -2.25. The van der Waals surface area contributed by atoms with E-state index in [-0.39, 0.29) is 0 Å². The molecule has 120 valence electrons. The quantitative estimate of drug-likeness (QED) is 0.847. The second-order valence-electron chi connectivity index (χ2n) is 6.68. The first-order chi connectivity index (χ1) is 11.3. The number of benzene rings is 1. The van der Waals surface area contributed by atoms with Crippen molar-refractivity contribution >= 4 is 0 Å². The van der Waals surface area contributed by atoms with E-state index in [4.69, 9.17) is 9.47 Å². The highest BCUT2D eigenvalue weighted by Gasteiger charge is 2.45. The van der Waals surface area contributed by atoms with Crippen LogP contribution in [-0.2, 0) is 16.1 Å². The Morgan fingerprint density at radius 2 is 1.91 bits per heavy atom. The molecule has 0 amide bonds. The largest absolute Gasteiger partial charge is 0.384 e. The standard InChI is InChI=1S/C19H22N2O2/c1-22-10-12-3-5-13(6-4-12)19-18-16-8-14(7-15(16)11-23-2)17(18)9-20-21-19/h3-6,9,14-16H,7-8,10-11H2,1-2H3. The Hall–Kier alpha value is -1.78. The summed E-state index contributed by atoms with van der Waals surface area (Å²) in [5, 5.41) is 8.76. The molecule has 4 nitrogen and oxygen atoms in total. The zero-order valence-electron chi connectivity index (χ0n) is 13.7. The van der Waals surface area contributed by atoms with Crippen molar-refractivity contribution in [3.8, 4) is 11.3 Å². The number of nitrogens with zero attached hydrogens (tertiary/aromatic N) is 2. The maximum absolute atomic E-state index is 5.43. The SMILES string of the molecule is COCc1ccc(-c2nncc3c2C2CC3CC2COC)cc1. The molecule has 1 heterocycles. The predicted molar refractivity (Wildman–Crippen MR) is 88.3 cm³/mol. The van der Waals surface area contributed by atoms with Gasteiger partial charge in [0.25, 0.3) is 0 Å². The van der Waals surface area contributed by atoms with E-state index in [1.165, 1.54) is 29.5 Å². The topological polar surface area (TPSA) is 44.2 Å². The van der Waals surface area contributed by atoms with E-state index in [1.807, 2.05) is 6.20 Å². The van der Waals surface area contributed by atoms with Crippen molar-refractivity contribution in [1.82, 2.24) is 10.2 Å². The van der Waals surface area contributed by atoms with Gasteiger partial charge in [-0.25, -0.2) is 0 Å². The Morgan fingerprint density at radius 3 is 2.65 bits per heavy atom. The van der Waals surface area contributed by atoms with Crippen molar-refractivity contribution in [2.24, 2.45) is 5.92 Å². The molecule has 4 heteroatoms. The van der Waals surface area contributed by atoms with E-state index in [0.717, 1.165) is 17.9 Å². The summed E-state index contributed by atoms with van der Waals surface area (Å²) >= 11 is 0. The summed E-state index contributed by atoms with van der Waals surface area (Å²) in [6.07, 6.45) is 4.43. The second-order valence-corrected chi connectivity index (χ2v) is 6.68. The van der Waals surface area contributed by atoms with Gasteiger partial charge in [-0.1, -0.05) is 24.3 Å². The molecule has 0 aliphatic heterocycles. The van der Waals surface area contributed by atoms with E-state index in [0.29, 0.717) is 24.4 Å². The van der Waals surface area contributed by atoms with Crippen LogP contribution in [0.15, 0.2) is 30.5 Å². The van der Waals surface area contributed by atoms with Crippen LogP contribution in [-0.4, -0.2) is 31.0 Å². The molecule has 3 unspecified atom stereocenters. The van der Waals surface area contributed by atoms with Gasteiger partial charge in [0.1, 0.15) is 0 Å². The third kappa shape index (κ3) is 2.46. The fourth-order valence-electron chi connectivity index (χ4n) is 4.39. The Morgan fingerprint density at radius 1 is 1.09 bits per heavy atom. The molecule has 1 fully saturated rings. The molecule has 0 N–H and O–H groups in total. The zero-order chi connectivity index (χ0) is 15.8. The van der Waals surface area contributed by atoms with Gasteiger partial charge in [0.2, 0.25) is 0 Å². The van der Waals surface area contributed by atoms with Crippen LogP contribution in [0, 0.1) is 5.92 Å². The van der Waals surface area contributed by atoms with E-state index in [1.54, 1.807) is 14.2 Å². The number of methoxy groups -OCH3 is 2. The number of hydrogen-bond acceptors (Lipinski definition) is 4. The summed E-state index contributed by atoms with van der Waals surface area (Å²) in [7, 11) is 3.52. The van der Waals surface area contributed by atoms with Gasteiger partial charge in [0, 0.05) is 26.4 Å². The van der Waals surface area contributed by atoms with Gasteiger partial charge in [0.15, 0.2) is 0 Å². The highest BCUT2D eigenvalue weighted by molar-refractivity contribution is 5.67. The lowest BCUT2D eigenvalue weighted by molar-refractivity contribution is 0.145. The van der Waals surface area contributed by atoms with Crippen LogP contribution < -0.4 is 0 Å². The van der Waals surface area contributed by atoms with Gasteiger partial charge in [-0.2, -0.15) is 10.2 Å². The van der Waals surface area contributed by atoms with Crippen LogP contribution in [0.5, 0.6) is 0 Å². The van der Waals surface area contributed by atoms with Crippen molar-refractivity contribution in [2.75, 3.05) is 20.8 Å². The third-order valence-corrected chi connectivity index (χ3v) is 5.35. The van der Waals surface area contributed by atoms with E-state index in [9.17, 15) is 0 Å². The Kier molecular flexibility index (Phi) is 3.87. The molecule has 1 saturated carbocycles. The first kappa shape index (κ1) is 14.8. The van der Waals surface area contributed by atoms with Gasteiger partial charge < -0.3 is 9.47 Å². The zero-order valence-corrected chi connectivity index (χ0v) is 13.7. The molecule has 4 rings (SSSR count). The summed E-state index contributed by atoms with van der Waals surface area (Å²) in [6.45, 7) is 1.48. The molecule has 2 aromatic rings. The van der Waals surface area contributed by atoms with Crippen LogP contribution in [0.25, 0.3) is 11.3 Å². The lowest BCUT2D eigenvalue weighted by Crippen LogP contribution is -2.17. The smallest absolute Gasteiger partial charge is 0.0967 e. The minimum Gasteiger partial charge on any atom is -0.384 e. The molecule has 0 spiro atoms. The van der Waals surface area contributed by atoms with Crippen LogP contribution in [0.3, 0.4) is 0 Å². The molecule has 1 aromatic heterocycles. The van der Waals surface area contributed by atoms with E-state index in [2.05, 4.69) is 34.5 Å². The maximum Gasteiger partial charge on any atom is 0.0967 e. The Labute approximate surface area is 136 Å². The molecule has 2 aliphatic rings. The van der Waals surface area contributed by atoms with Crippen molar-refractivity contribution in [3.05, 3.63) is 47.2 Å². The second kappa shape index (κ2) is 6.02. The first-order valence-corrected chi connectivity index (χ1v) is 8.24. The number of hydrogen-bond donors (Lipinski definition) is 0. The summed E-state index contributed by atoms with van der Waals surface area (Å²) in [5.74, 6) is 1.82. The molecule has 0 saturated heterocycles. The van der Waals surface area contributed by atoms with Crippen LogP contribution in [0.2, 0.25) is 0 Å². The average Bonchev–Trinajstić information content (AvgIpc) is 3.15. The van der Waals surface area contributed by atoms with Crippen molar-refractivity contribution < 1.29 is 9.47 Å². The third-order valence-electron chi connectivity index (χ3n) is 5.35. The van der Waals surface area contributed by atoms with Crippen molar-refractivity contribution in [2.45, 2.75) is 31.3 Å². The molecule has 2 aliphatic carbocycles. The van der Waals surface area contributed by atoms with Gasteiger partial charge in [-0.3, -0.25) is 0 Å². The van der Waals surface area contributed by atoms with Crippen molar-refractivity contribution in [1.29, 1.82) is 0 Å². The van der Waals surface area contributed by atoms with Gasteiger partial charge >= 0.3 is 0 Å². The molecule has 1 aromatic carbocycles. The monoisotopic (exact) mass is 310 g/mol. The average molecular weight is 310 g/mol. The minimum atomic E-state index is 0.569. The number of ether oxygens (including phenoxy) is 2. The molecule has 2 bridgehead atoms. The summed E-state index contributed by atoms with van der Waals surface area (Å²) < 4.78 is 10.6. The molecule has 23 heavy (non-hydrogen) atoms. The normalized spacial score (nSPS) is 24.9. The number of aromatic nitrogens is 2. The van der Waals surface area contributed by atoms with Crippen LogP contribution in [0.1, 0.15) is 41.4 Å². The maximum atomic E-state index is 5.43. The van der Waals surface area contributed by atoms with Gasteiger partial charge in [-0.15, -0.1) is 0 Å². The molecule has 3 atom stereocenters. The number of fused-ring (bicyclic) bond motifs is 5. The van der Waals surface area contributed by atoms with Crippen LogP contribution in [0.4, 0.5) is 0 Å². The lowest BCUT2D eigenvalue weighted by atomic mass is 9.83. The van der Waals surface area contributed by atoms with Gasteiger partial charge in [-0.05, 0) is 47.3 Å². The minimum absolute atomic E-state index is 0.569. The molecular weight excluding hydrogens is 288 g/mol. The Balaban J connectivity index is 1.72. The summed E-state index contributed by atoms with van der Waals surface area (Å²) in [6, 6.07) is 8.49. The van der Waals surface area contributed by atoms with E-state index >= 15 is 0 Å². The fourth-order valence-corrected chi connectivity index (χ4v) is 4.39. The van der Waals surface area contributed by atoms with Gasteiger partial charge in [0.05, 0.1) is 18.5 Å². The summed E-state index contributed by atoms with van der Waals surface area (Å²) in [4.78, 5) is 0.